The van der Waals surface area contributed by atoms with Crippen LogP contribution in [0.25, 0.3) is 0 Å². The van der Waals surface area contributed by atoms with Gasteiger partial charge in [0.05, 0.1) is 6.20 Å². The van der Waals surface area contributed by atoms with Crippen LogP contribution in [-0.4, -0.2) is 12.8 Å². The molecule has 1 rings (SSSR count). The summed E-state index contributed by atoms with van der Waals surface area (Å²) in [4.78, 5) is 3.13. The molecule has 0 spiro atoms. The van der Waals surface area contributed by atoms with E-state index in [1.54, 1.807) is 0 Å². The van der Waals surface area contributed by atoms with Crippen LogP contribution in [0.5, 0.6) is 0 Å². The van der Waals surface area contributed by atoms with E-state index in [9.17, 15) is 8.78 Å². The summed E-state index contributed by atoms with van der Waals surface area (Å²) >= 11 is 0. The molecule has 0 bridgehead atoms. The third kappa shape index (κ3) is 0.828. The van der Waals surface area contributed by atoms with E-state index >= 15 is 0 Å². The minimum atomic E-state index is -2.52. The molecule has 0 aliphatic carbocycles. The van der Waals surface area contributed by atoms with Crippen LogP contribution in [0.15, 0.2) is 16.9 Å². The number of hydrogen-bond donors (Lipinski definition) is 0. The molecule has 4 heteroatoms. The van der Waals surface area contributed by atoms with Gasteiger partial charge in [0.1, 0.15) is 5.70 Å². The molecular formula is C4H2F2N2. The summed E-state index contributed by atoms with van der Waals surface area (Å²) in [5, 5.41) is 3.23. The Kier molecular flexibility index (Phi) is 1.24. The van der Waals surface area contributed by atoms with Gasteiger partial charge in [-0.1, -0.05) is 0 Å². The SMILES string of the molecule is FC(F)C1=C[N][C]=N1. The van der Waals surface area contributed by atoms with E-state index in [1.165, 1.54) is 0 Å². The molecule has 0 saturated carbocycles. The van der Waals surface area contributed by atoms with Gasteiger partial charge < -0.3 is 0 Å². The van der Waals surface area contributed by atoms with Crippen LogP contribution in [0, 0.1) is 0 Å². The Hall–Kier alpha value is -0.930. The first-order chi connectivity index (χ1) is 3.80. The quantitative estimate of drug-likeness (QED) is 0.480. The molecule has 0 amide bonds. The highest BCUT2D eigenvalue weighted by atomic mass is 19.3. The summed E-state index contributed by atoms with van der Waals surface area (Å²) in [6.07, 6.45) is 0.502. The van der Waals surface area contributed by atoms with Gasteiger partial charge in [-0.2, -0.15) is 0 Å². The molecule has 1 aliphatic heterocycles. The fourth-order valence-electron chi connectivity index (χ4n) is 0.316. The molecule has 0 unspecified atom stereocenters. The van der Waals surface area contributed by atoms with E-state index < -0.39 is 6.43 Å². The highest BCUT2D eigenvalue weighted by Gasteiger charge is 2.11. The van der Waals surface area contributed by atoms with E-state index in [1.807, 2.05) is 6.34 Å². The van der Waals surface area contributed by atoms with Crippen LogP contribution < -0.4 is 5.32 Å². The van der Waals surface area contributed by atoms with Crippen molar-refractivity contribution in [1.82, 2.24) is 5.32 Å². The average molecular weight is 116 g/mol. The van der Waals surface area contributed by atoms with Gasteiger partial charge in [-0.25, -0.2) is 19.1 Å². The lowest BCUT2D eigenvalue weighted by Gasteiger charge is -1.88. The zero-order chi connectivity index (χ0) is 5.98. The summed E-state index contributed by atoms with van der Waals surface area (Å²) < 4.78 is 23.0. The van der Waals surface area contributed by atoms with Crippen molar-refractivity contribution in [2.75, 3.05) is 0 Å². The maximum Gasteiger partial charge on any atom is 0.281 e. The van der Waals surface area contributed by atoms with E-state index in [-0.39, 0.29) is 5.70 Å². The zero-order valence-corrected chi connectivity index (χ0v) is 3.81. The number of alkyl halides is 2. The summed E-state index contributed by atoms with van der Waals surface area (Å²) in [6, 6.07) is 0. The van der Waals surface area contributed by atoms with E-state index in [4.69, 9.17) is 0 Å². The van der Waals surface area contributed by atoms with Crippen LogP contribution in [-0.2, 0) is 0 Å². The lowest BCUT2D eigenvalue weighted by atomic mass is 10.5. The first-order valence-electron chi connectivity index (χ1n) is 1.94. The molecule has 8 heavy (non-hydrogen) atoms. The molecule has 42 valence electrons. The Morgan fingerprint density at radius 1 is 1.62 bits per heavy atom. The normalized spacial score (nSPS) is 16.6. The van der Waals surface area contributed by atoms with Crippen molar-refractivity contribution in [2.45, 2.75) is 6.43 Å². The highest BCUT2D eigenvalue weighted by molar-refractivity contribution is 5.60. The van der Waals surface area contributed by atoms with Crippen LogP contribution in [0.3, 0.4) is 0 Å². The number of hydrogen-bond acceptors (Lipinski definition) is 1. The maximum absolute atomic E-state index is 11.5. The average Bonchev–Trinajstić information content (AvgIpc) is 2.12. The molecule has 0 aromatic carbocycles. The van der Waals surface area contributed by atoms with Crippen molar-refractivity contribution in [1.29, 1.82) is 0 Å². The highest BCUT2D eigenvalue weighted by Crippen LogP contribution is 2.10. The smallest absolute Gasteiger partial charge is 0.232 e. The molecule has 0 N–H and O–H groups in total. The number of allylic oxidation sites excluding steroid dienone is 1. The van der Waals surface area contributed by atoms with Gasteiger partial charge in [0, 0.05) is 0 Å². The summed E-state index contributed by atoms with van der Waals surface area (Å²) in [6.45, 7) is 0. The van der Waals surface area contributed by atoms with Gasteiger partial charge in [-0.05, 0) is 0 Å². The number of halogens is 2. The van der Waals surface area contributed by atoms with Gasteiger partial charge in [0.25, 0.3) is 6.43 Å². The van der Waals surface area contributed by atoms with Crippen molar-refractivity contribution in [3.05, 3.63) is 11.9 Å². The van der Waals surface area contributed by atoms with Gasteiger partial charge in [0.2, 0.25) is 0 Å². The third-order valence-electron chi connectivity index (χ3n) is 0.657. The first-order valence-corrected chi connectivity index (χ1v) is 1.94. The summed E-state index contributed by atoms with van der Waals surface area (Å²) in [7, 11) is 0. The Bertz CT molecular complexity index is 139. The third-order valence-corrected chi connectivity index (χ3v) is 0.657. The maximum atomic E-state index is 11.5. The van der Waals surface area contributed by atoms with Gasteiger partial charge in [-0.15, -0.1) is 0 Å². The molecule has 2 nitrogen and oxygen atoms in total. The molecule has 0 atom stereocenters. The molecular weight excluding hydrogens is 114 g/mol. The lowest BCUT2D eigenvalue weighted by Crippen LogP contribution is -1.90. The summed E-state index contributed by atoms with van der Waals surface area (Å²) in [5.74, 6) is 0. The van der Waals surface area contributed by atoms with Crippen molar-refractivity contribution >= 4 is 6.34 Å². The zero-order valence-electron chi connectivity index (χ0n) is 3.81. The minimum Gasteiger partial charge on any atom is -0.232 e. The number of nitrogens with zero attached hydrogens (tertiary/aromatic N) is 2. The molecule has 1 aliphatic rings. The van der Waals surface area contributed by atoms with E-state index in [0.717, 1.165) is 6.20 Å². The van der Waals surface area contributed by atoms with Crippen molar-refractivity contribution in [3.8, 4) is 0 Å². The van der Waals surface area contributed by atoms with Gasteiger partial charge in [0.15, 0.2) is 6.34 Å². The Morgan fingerprint density at radius 3 is 2.62 bits per heavy atom. The fraction of sp³-hybridized carbons (Fsp3) is 0.250. The van der Waals surface area contributed by atoms with Crippen LogP contribution >= 0.6 is 0 Å². The first kappa shape index (κ1) is 5.21. The second kappa shape index (κ2) is 1.90. The Morgan fingerprint density at radius 2 is 2.38 bits per heavy atom. The molecule has 0 fully saturated rings. The predicted molar refractivity (Wildman–Crippen MR) is 23.7 cm³/mol. The monoisotopic (exact) mass is 116 g/mol. The van der Waals surface area contributed by atoms with E-state index in [0.29, 0.717) is 0 Å². The molecule has 1 heterocycles. The van der Waals surface area contributed by atoms with Gasteiger partial charge in [-0.3, -0.25) is 0 Å². The molecule has 2 radical (unpaired) electrons. The van der Waals surface area contributed by atoms with Crippen LogP contribution in [0.4, 0.5) is 8.78 Å². The van der Waals surface area contributed by atoms with Gasteiger partial charge >= 0.3 is 0 Å². The van der Waals surface area contributed by atoms with Crippen LogP contribution in [0.2, 0.25) is 0 Å². The fourth-order valence-corrected chi connectivity index (χ4v) is 0.316. The second-order valence-electron chi connectivity index (χ2n) is 1.20. The predicted octanol–water partition coefficient (Wildman–Crippen LogP) is 0.616. The number of aliphatic imine (C=N–C) groups is 1. The Labute approximate surface area is 44.9 Å². The van der Waals surface area contributed by atoms with Crippen molar-refractivity contribution in [2.24, 2.45) is 4.99 Å². The number of rotatable bonds is 1. The largest absolute Gasteiger partial charge is 0.281 e. The topological polar surface area (TPSA) is 26.5 Å². The van der Waals surface area contributed by atoms with E-state index in [2.05, 4.69) is 10.3 Å². The molecule has 0 aromatic heterocycles. The minimum absolute atomic E-state index is 0.315. The summed E-state index contributed by atoms with van der Waals surface area (Å²) in [5.41, 5.74) is -0.315. The van der Waals surface area contributed by atoms with Crippen LogP contribution in [0.1, 0.15) is 0 Å². The standard InChI is InChI=1S/C4H2F2N2/c5-4(6)3-1-7-2-8-3/h1,4H. The molecule has 0 saturated heterocycles. The lowest BCUT2D eigenvalue weighted by molar-refractivity contribution is 0.188. The second-order valence-corrected chi connectivity index (χ2v) is 1.20. The Balaban J connectivity index is 2.58. The van der Waals surface area contributed by atoms with Crippen molar-refractivity contribution < 1.29 is 8.78 Å². The van der Waals surface area contributed by atoms with Crippen molar-refractivity contribution in [3.63, 3.8) is 0 Å². The molecule has 0 aromatic rings.